The summed E-state index contributed by atoms with van der Waals surface area (Å²) >= 11 is 0. The van der Waals surface area contributed by atoms with E-state index in [1.807, 2.05) is 58.6 Å². The Bertz CT molecular complexity index is 2330. The first-order valence-corrected chi connectivity index (χ1v) is 33.3. The van der Waals surface area contributed by atoms with E-state index < -0.39 is 109 Å². The van der Waals surface area contributed by atoms with Crippen molar-refractivity contribution in [2.45, 2.75) is 237 Å². The maximum atomic E-state index is 14.9. The molecule has 3 saturated heterocycles. The molecule has 1 amide bonds. The van der Waals surface area contributed by atoms with Crippen molar-refractivity contribution in [2.24, 2.45) is 17.8 Å². The zero-order valence-electron chi connectivity index (χ0n) is 53.2. The molecule has 17 heteroatoms. The zero-order valence-corrected chi connectivity index (χ0v) is 54.1. The van der Waals surface area contributed by atoms with E-state index in [0.29, 0.717) is 19.5 Å². The van der Waals surface area contributed by atoms with Gasteiger partial charge in [0.1, 0.15) is 47.1 Å². The fraction of sp³-hybridized carbons (Fsp3) is 0.701. The van der Waals surface area contributed by atoms with E-state index in [9.17, 15) is 30.0 Å². The van der Waals surface area contributed by atoms with Crippen molar-refractivity contribution in [3.63, 3.8) is 0 Å². The van der Waals surface area contributed by atoms with Crippen molar-refractivity contribution in [3.05, 3.63) is 91.0 Å². The van der Waals surface area contributed by atoms with Gasteiger partial charge in [-0.2, -0.15) is 0 Å². The molecule has 3 fully saturated rings. The highest BCUT2D eigenvalue weighted by Crippen LogP contribution is 2.56. The summed E-state index contributed by atoms with van der Waals surface area (Å²) in [6.07, 6.45) is 0.245. The van der Waals surface area contributed by atoms with Crippen molar-refractivity contribution in [1.29, 1.82) is 0 Å². The van der Waals surface area contributed by atoms with E-state index >= 15 is 0 Å². The molecular formula is C67H107N3O13P+. The van der Waals surface area contributed by atoms with Crippen LogP contribution in [0.3, 0.4) is 0 Å². The summed E-state index contributed by atoms with van der Waals surface area (Å²) in [5.74, 6) is -2.81. The number of ether oxygens (including phenoxy) is 7. The molecule has 16 nitrogen and oxygen atoms in total. The second kappa shape index (κ2) is 31.5. The molecule has 5 N–H and O–H groups in total. The zero-order chi connectivity index (χ0) is 61.6. The normalized spacial score (nSPS) is 35.2. The number of amides is 1. The Hall–Kier alpha value is -3.61. The van der Waals surface area contributed by atoms with E-state index in [1.165, 1.54) is 23.0 Å². The maximum Gasteiger partial charge on any atom is 0.407 e. The van der Waals surface area contributed by atoms with E-state index in [-0.39, 0.29) is 37.3 Å². The lowest BCUT2D eigenvalue weighted by atomic mass is 9.77. The number of esters is 1. The van der Waals surface area contributed by atoms with Crippen LogP contribution >= 0.6 is 7.26 Å². The van der Waals surface area contributed by atoms with Crippen LogP contribution in [0.2, 0.25) is 0 Å². The number of hydrogen-bond acceptors (Lipinski definition) is 15. The van der Waals surface area contributed by atoms with Crippen molar-refractivity contribution >= 4 is 35.2 Å². The predicted molar refractivity (Wildman–Crippen MR) is 333 cm³/mol. The number of rotatable bonds is 22. The van der Waals surface area contributed by atoms with Crippen molar-refractivity contribution < 1.29 is 63.2 Å². The van der Waals surface area contributed by atoms with Gasteiger partial charge >= 0.3 is 12.1 Å². The van der Waals surface area contributed by atoms with Gasteiger partial charge < -0.3 is 63.8 Å². The molecule has 0 spiro atoms. The molecule has 472 valence electrons. The van der Waals surface area contributed by atoms with Crippen LogP contribution in [0.15, 0.2) is 91.0 Å². The first-order valence-electron chi connectivity index (χ1n) is 31.4. The third-order valence-electron chi connectivity index (χ3n) is 18.7. The number of aliphatic hydroxyl groups excluding tert-OH is 2. The number of aliphatic hydroxyl groups is 4. The second-order valence-electron chi connectivity index (χ2n) is 25.8. The van der Waals surface area contributed by atoms with Crippen LogP contribution in [-0.4, -0.2) is 180 Å². The lowest BCUT2D eigenvalue weighted by Gasteiger charge is -2.48. The van der Waals surface area contributed by atoms with Gasteiger partial charge in [0, 0.05) is 44.6 Å². The van der Waals surface area contributed by atoms with Crippen LogP contribution < -0.4 is 21.2 Å². The number of alkyl carbamates (subject to hydrolysis) is 1. The van der Waals surface area contributed by atoms with Crippen LogP contribution in [0, 0.1) is 17.8 Å². The quantitative estimate of drug-likeness (QED) is 0.0363. The number of nitrogens with zero attached hydrogens (tertiary/aromatic N) is 2. The minimum Gasteiger partial charge on any atom is -0.459 e. The molecule has 84 heavy (non-hydrogen) atoms. The lowest BCUT2D eigenvalue weighted by Crippen LogP contribution is -2.61. The van der Waals surface area contributed by atoms with Crippen molar-refractivity contribution in [3.8, 4) is 0 Å². The Labute approximate surface area is 504 Å². The number of carbonyl (C=O) groups excluding carboxylic acids is 2. The van der Waals surface area contributed by atoms with Gasteiger partial charge in [-0.25, -0.2) is 4.79 Å². The van der Waals surface area contributed by atoms with Gasteiger partial charge in [-0.15, -0.1) is 0 Å². The summed E-state index contributed by atoms with van der Waals surface area (Å²) in [7, 11) is 5.34. The van der Waals surface area contributed by atoms with E-state index in [1.54, 1.807) is 41.5 Å². The van der Waals surface area contributed by atoms with Crippen molar-refractivity contribution in [1.82, 2.24) is 15.1 Å². The van der Waals surface area contributed by atoms with Gasteiger partial charge in [0.15, 0.2) is 18.7 Å². The molecule has 3 aromatic carbocycles. The number of unbranched alkanes of at least 4 members (excludes halogenated alkanes) is 7. The number of benzene rings is 3. The van der Waals surface area contributed by atoms with Gasteiger partial charge in [0.2, 0.25) is 0 Å². The molecule has 3 aliphatic rings. The largest absolute Gasteiger partial charge is 0.459 e. The Balaban J connectivity index is 1.12. The van der Waals surface area contributed by atoms with E-state index in [0.717, 1.165) is 57.5 Å². The number of hydrogen-bond donors (Lipinski definition) is 5. The summed E-state index contributed by atoms with van der Waals surface area (Å²) < 4.78 is 44.8. The Morgan fingerprint density at radius 3 is 1.82 bits per heavy atom. The number of cyclic esters (lactones) is 1. The number of nitrogens with one attached hydrogen (secondary N) is 1. The van der Waals surface area contributed by atoms with Crippen molar-refractivity contribution in [2.75, 3.05) is 47.5 Å². The first kappa shape index (κ1) is 69.5. The molecule has 3 heterocycles. The maximum absolute atomic E-state index is 14.9. The summed E-state index contributed by atoms with van der Waals surface area (Å²) in [6.45, 7) is 18.6. The summed E-state index contributed by atoms with van der Waals surface area (Å²) in [6, 6.07) is 32.3. The third kappa shape index (κ3) is 17.4. The van der Waals surface area contributed by atoms with Crippen LogP contribution in [0.5, 0.6) is 0 Å². The summed E-state index contributed by atoms with van der Waals surface area (Å²) in [5.41, 5.74) is -4.58. The average Bonchev–Trinajstić information content (AvgIpc) is 3.66. The average molecular weight is 1190 g/mol. The molecule has 0 aromatic heterocycles. The van der Waals surface area contributed by atoms with Crippen LogP contribution in [0.25, 0.3) is 0 Å². The Kier molecular flexibility index (Phi) is 26.1. The molecule has 0 aliphatic carbocycles. The van der Waals surface area contributed by atoms with Gasteiger partial charge in [-0.05, 0) is 150 Å². The van der Waals surface area contributed by atoms with Gasteiger partial charge in [0.05, 0.1) is 47.7 Å². The van der Waals surface area contributed by atoms with Gasteiger partial charge in [-0.1, -0.05) is 107 Å². The number of likely N-dealkylation sites (N-methyl/N-ethyl adjacent to an activating group) is 2. The molecule has 3 aromatic rings. The molecule has 3 aliphatic heterocycles. The fourth-order valence-electron chi connectivity index (χ4n) is 13.7. The minimum atomic E-state index is -1.89. The number of methoxy groups -OCH3 is 1. The summed E-state index contributed by atoms with van der Waals surface area (Å²) in [4.78, 5) is 32.7. The highest BCUT2D eigenvalue weighted by Gasteiger charge is 2.54. The minimum absolute atomic E-state index is 0.104. The van der Waals surface area contributed by atoms with E-state index in [2.05, 4.69) is 96.3 Å². The molecule has 0 radical (unpaired) electrons. The number of carbonyl (C=O) groups is 2. The lowest BCUT2D eigenvalue weighted by molar-refractivity contribution is -0.318. The van der Waals surface area contributed by atoms with Crippen LogP contribution in [0.4, 0.5) is 4.79 Å². The standard InChI is InChI=1S/C67H106N3O13P/c1-15-55-67(10,76)61(83-64(74)68-39-31-20-18-16-17-19-21-32-40-84(51-33-25-22-26-34-51,52-35-27-23-28-36-52)53-37-29-24-30-38-53)49(6)70(13)44-45(2)42-65(8,75)60(82-63-57(71)54(69(11)12)41-46(3)78-63)47(4)58(48(5)62(73)80-55)81-56-43-66(9,77-14)59(72)50(7)79-56/h22-30,33-38,45-50,54-61,63,71-72,75-76H,15-21,31-32,39-44H2,1-14H3/p+1/t45-,46-,47+,48-,49-,50+,54+,55-,56+,57-,58+,59+,60-,61-,63+,65-,66-,67-/m1/s1. The third-order valence-corrected chi connectivity index (χ3v) is 23.2. The molecule has 0 bridgehead atoms. The predicted octanol–water partition coefficient (Wildman–Crippen LogP) is 8.75. The SMILES string of the molecule is CC[C@H]1OC(=O)[C@H](C)[C@@H](O[C@H]2C[C@@](C)(OC)[C@@H](O)[C@H](C)O2)[C@H](C)[C@@H](O[C@@H]2O[C@H](C)C[C@H](N(C)C)[C@H]2O)[C@](C)(O)C[C@@H](C)CN(C)[C@H](C)[C@@H](OC(=O)NCCCCCCCCCC[P+](c2ccccc2)(c2ccccc2)c2ccccc2)[C@]1(C)O. The molecule has 0 unspecified atom stereocenters. The highest BCUT2D eigenvalue weighted by molar-refractivity contribution is 7.95. The molecule has 0 saturated carbocycles. The van der Waals surface area contributed by atoms with E-state index in [4.69, 9.17) is 33.2 Å². The first-order chi connectivity index (χ1) is 39.8. The Morgan fingerprint density at radius 1 is 0.762 bits per heavy atom. The smallest absolute Gasteiger partial charge is 0.407 e. The Morgan fingerprint density at radius 2 is 1.30 bits per heavy atom. The molecule has 18 atom stereocenters. The highest BCUT2D eigenvalue weighted by atomic mass is 31.2. The van der Waals surface area contributed by atoms with Gasteiger partial charge in [0.25, 0.3) is 0 Å². The molecular weight excluding hydrogens is 1090 g/mol. The molecule has 6 rings (SSSR count). The van der Waals surface area contributed by atoms with Crippen LogP contribution in [-0.2, 0) is 38.0 Å². The van der Waals surface area contributed by atoms with Gasteiger partial charge in [-0.3, -0.25) is 9.69 Å². The monoisotopic (exact) mass is 1190 g/mol. The van der Waals surface area contributed by atoms with Crippen LogP contribution in [0.1, 0.15) is 146 Å². The fourth-order valence-corrected chi connectivity index (χ4v) is 18.1. The second-order valence-corrected chi connectivity index (χ2v) is 29.5. The topological polar surface area (TPSA) is 198 Å². The summed E-state index contributed by atoms with van der Waals surface area (Å²) in [5, 5.41) is 55.8.